The molecule has 1 fully saturated rings. The summed E-state index contributed by atoms with van der Waals surface area (Å²) in [5.74, 6) is 1.45. The summed E-state index contributed by atoms with van der Waals surface area (Å²) in [4.78, 5) is 11.7. The first-order valence-corrected chi connectivity index (χ1v) is 14.6. The van der Waals surface area contributed by atoms with Crippen LogP contribution in [0.25, 0.3) is 0 Å². The maximum Gasteiger partial charge on any atom is 0.229 e. The smallest absolute Gasteiger partial charge is 0.229 e. The van der Waals surface area contributed by atoms with Crippen LogP contribution >= 0.6 is 0 Å². The number of hydrogen-bond acceptors (Lipinski definition) is 7. The molecule has 3 rings (SSSR count). The maximum atomic E-state index is 6.13. The van der Waals surface area contributed by atoms with E-state index in [2.05, 4.69) is 69.4 Å². The SMILES string of the molecule is C=CC/C(N)=C(\CC)CNCCCNc1ccnc(Nc2ccc(CC)c(CCCCN3CCCC3)c2)n1. The number of aromatic nitrogens is 2. The molecule has 7 nitrogen and oxygen atoms in total. The van der Waals surface area contributed by atoms with Crippen molar-refractivity contribution in [3.05, 3.63) is 65.5 Å². The zero-order chi connectivity index (χ0) is 27.0. The van der Waals surface area contributed by atoms with Crippen LogP contribution in [0.1, 0.15) is 69.9 Å². The van der Waals surface area contributed by atoms with Gasteiger partial charge in [-0.15, -0.1) is 6.58 Å². The number of likely N-dealkylation sites (tertiary alicyclic amines) is 1. The molecule has 0 atom stereocenters. The molecule has 0 bridgehead atoms. The van der Waals surface area contributed by atoms with E-state index in [-0.39, 0.29) is 0 Å². The Morgan fingerprint density at radius 2 is 1.92 bits per heavy atom. The minimum Gasteiger partial charge on any atom is -0.402 e. The van der Waals surface area contributed by atoms with Crippen molar-refractivity contribution in [2.75, 3.05) is 49.9 Å². The van der Waals surface area contributed by atoms with Crippen LogP contribution in [-0.4, -0.2) is 54.1 Å². The number of nitrogens with one attached hydrogen (secondary N) is 3. The van der Waals surface area contributed by atoms with Gasteiger partial charge in [-0.1, -0.05) is 26.0 Å². The van der Waals surface area contributed by atoms with Gasteiger partial charge in [0.1, 0.15) is 5.82 Å². The van der Waals surface area contributed by atoms with Crippen LogP contribution in [0.2, 0.25) is 0 Å². The number of allylic oxidation sites excluding steroid dienone is 1. The fourth-order valence-electron chi connectivity index (χ4n) is 5.02. The monoisotopic (exact) mass is 519 g/mol. The molecule has 208 valence electrons. The predicted molar refractivity (Wildman–Crippen MR) is 162 cm³/mol. The third kappa shape index (κ3) is 10.1. The molecule has 1 aliphatic heterocycles. The van der Waals surface area contributed by atoms with Gasteiger partial charge in [0.2, 0.25) is 5.95 Å². The van der Waals surface area contributed by atoms with Crippen LogP contribution in [0.4, 0.5) is 17.5 Å². The fraction of sp³-hybridized carbons (Fsp3) is 0.548. The van der Waals surface area contributed by atoms with Crippen molar-refractivity contribution < 1.29 is 0 Å². The predicted octanol–water partition coefficient (Wildman–Crippen LogP) is 5.79. The molecule has 0 unspecified atom stereocenters. The molecule has 2 aromatic rings. The molecular formula is C31H49N7. The second-order valence-electron chi connectivity index (χ2n) is 10.2. The summed E-state index contributed by atoms with van der Waals surface area (Å²) < 4.78 is 0. The molecule has 7 heteroatoms. The lowest BCUT2D eigenvalue weighted by atomic mass is 9.99. The summed E-state index contributed by atoms with van der Waals surface area (Å²) in [6.45, 7) is 14.5. The fourth-order valence-corrected chi connectivity index (χ4v) is 5.02. The first kappa shape index (κ1) is 29.7. The Kier molecular flexibility index (Phi) is 13.1. The second kappa shape index (κ2) is 16.8. The van der Waals surface area contributed by atoms with E-state index in [1.165, 1.54) is 62.0 Å². The van der Waals surface area contributed by atoms with Gasteiger partial charge in [-0.05, 0) is 112 Å². The van der Waals surface area contributed by atoms with Crippen LogP contribution in [0.15, 0.2) is 54.4 Å². The van der Waals surface area contributed by atoms with E-state index in [9.17, 15) is 0 Å². The Balaban J connectivity index is 1.44. The number of aryl methyl sites for hydroxylation is 2. The zero-order valence-corrected chi connectivity index (χ0v) is 23.7. The number of nitrogens with two attached hydrogens (primary N) is 1. The number of rotatable bonds is 18. The summed E-state index contributed by atoms with van der Waals surface area (Å²) in [7, 11) is 0. The van der Waals surface area contributed by atoms with E-state index >= 15 is 0 Å². The van der Waals surface area contributed by atoms with E-state index in [1.807, 2.05) is 12.1 Å². The Bertz CT molecular complexity index is 1010. The highest BCUT2D eigenvalue weighted by molar-refractivity contribution is 5.57. The van der Waals surface area contributed by atoms with Crippen LogP contribution in [0.3, 0.4) is 0 Å². The molecule has 38 heavy (non-hydrogen) atoms. The molecule has 5 N–H and O–H groups in total. The molecule has 1 saturated heterocycles. The summed E-state index contributed by atoms with van der Waals surface area (Å²) in [6.07, 6.45) is 13.8. The van der Waals surface area contributed by atoms with Crippen molar-refractivity contribution in [2.45, 2.75) is 71.6 Å². The average Bonchev–Trinajstić information content (AvgIpc) is 3.45. The van der Waals surface area contributed by atoms with Gasteiger partial charge in [0.15, 0.2) is 0 Å². The molecule has 1 aliphatic rings. The highest BCUT2D eigenvalue weighted by Gasteiger charge is 2.11. The molecule has 0 radical (unpaired) electrons. The molecule has 0 amide bonds. The van der Waals surface area contributed by atoms with Crippen LogP contribution < -0.4 is 21.7 Å². The molecule has 2 heterocycles. The van der Waals surface area contributed by atoms with Crippen LogP contribution in [0.5, 0.6) is 0 Å². The zero-order valence-electron chi connectivity index (χ0n) is 23.7. The van der Waals surface area contributed by atoms with E-state index in [0.717, 1.165) is 68.9 Å². The first-order valence-electron chi connectivity index (χ1n) is 14.6. The van der Waals surface area contributed by atoms with Crippen molar-refractivity contribution in [1.82, 2.24) is 20.2 Å². The number of unbranched alkanes of at least 4 members (excludes halogenated alkanes) is 1. The summed E-state index contributed by atoms with van der Waals surface area (Å²) in [5, 5.41) is 10.3. The van der Waals surface area contributed by atoms with E-state index in [1.54, 1.807) is 6.20 Å². The largest absolute Gasteiger partial charge is 0.402 e. The van der Waals surface area contributed by atoms with Gasteiger partial charge in [0, 0.05) is 37.1 Å². The Hall–Kier alpha value is -2.90. The summed E-state index contributed by atoms with van der Waals surface area (Å²) in [5.41, 5.74) is 12.3. The maximum absolute atomic E-state index is 6.13. The van der Waals surface area contributed by atoms with Gasteiger partial charge in [-0.25, -0.2) is 4.98 Å². The summed E-state index contributed by atoms with van der Waals surface area (Å²) >= 11 is 0. The van der Waals surface area contributed by atoms with Gasteiger partial charge in [-0.2, -0.15) is 4.98 Å². The van der Waals surface area contributed by atoms with Gasteiger partial charge in [0.25, 0.3) is 0 Å². The van der Waals surface area contributed by atoms with Gasteiger partial charge < -0.3 is 26.6 Å². The molecule has 1 aromatic carbocycles. The molecule has 0 saturated carbocycles. The Morgan fingerprint density at radius 1 is 1.08 bits per heavy atom. The quantitative estimate of drug-likeness (QED) is 0.146. The standard InChI is InChI=1S/C31H49N7/c1-4-12-29(32)26(6-3)24-33-17-11-18-34-30-16-19-35-31(37-30)36-28-15-14-25(5-2)27(23-28)13-7-8-20-38-21-9-10-22-38/h4,14-16,19,23,33H,1,5-13,17-18,20-22,24,32H2,2-3H3,(H2,34,35,36,37)/b29-26-. The normalized spacial score (nSPS) is 14.4. The highest BCUT2D eigenvalue weighted by atomic mass is 15.1. The first-order chi connectivity index (χ1) is 18.6. The van der Waals surface area contributed by atoms with Crippen molar-refractivity contribution in [3.63, 3.8) is 0 Å². The van der Waals surface area contributed by atoms with Crippen LogP contribution in [-0.2, 0) is 12.8 Å². The molecule has 0 spiro atoms. The average molecular weight is 520 g/mol. The number of nitrogens with zero attached hydrogens (tertiary/aromatic N) is 3. The van der Waals surface area contributed by atoms with Crippen molar-refractivity contribution in [3.8, 4) is 0 Å². The van der Waals surface area contributed by atoms with Crippen molar-refractivity contribution in [2.24, 2.45) is 5.73 Å². The topological polar surface area (TPSA) is 91.1 Å². The second-order valence-corrected chi connectivity index (χ2v) is 10.2. The lowest BCUT2D eigenvalue weighted by molar-refractivity contribution is 0.330. The molecule has 0 aliphatic carbocycles. The Labute approximate surface area is 230 Å². The van der Waals surface area contributed by atoms with E-state index in [0.29, 0.717) is 5.95 Å². The lowest BCUT2D eigenvalue weighted by Gasteiger charge is -2.15. The number of hydrogen-bond donors (Lipinski definition) is 4. The summed E-state index contributed by atoms with van der Waals surface area (Å²) in [6, 6.07) is 8.59. The highest BCUT2D eigenvalue weighted by Crippen LogP contribution is 2.22. The van der Waals surface area contributed by atoms with Crippen molar-refractivity contribution in [1.29, 1.82) is 0 Å². The Morgan fingerprint density at radius 3 is 2.68 bits per heavy atom. The number of anilines is 3. The number of benzene rings is 1. The minimum atomic E-state index is 0.618. The van der Waals surface area contributed by atoms with E-state index < -0.39 is 0 Å². The van der Waals surface area contributed by atoms with Gasteiger partial charge in [0.05, 0.1) is 0 Å². The molecule has 1 aromatic heterocycles. The van der Waals surface area contributed by atoms with Gasteiger partial charge >= 0.3 is 0 Å². The van der Waals surface area contributed by atoms with Gasteiger partial charge in [-0.3, -0.25) is 0 Å². The minimum absolute atomic E-state index is 0.618. The van der Waals surface area contributed by atoms with E-state index in [4.69, 9.17) is 5.73 Å². The van der Waals surface area contributed by atoms with Crippen LogP contribution in [0, 0.1) is 0 Å². The third-order valence-corrected chi connectivity index (χ3v) is 7.29. The molecular weight excluding hydrogens is 470 g/mol. The third-order valence-electron chi connectivity index (χ3n) is 7.29. The van der Waals surface area contributed by atoms with Crippen molar-refractivity contribution >= 4 is 17.5 Å². The lowest BCUT2D eigenvalue weighted by Crippen LogP contribution is -2.22.